The minimum absolute atomic E-state index is 0.0792. The van der Waals surface area contributed by atoms with E-state index in [1.165, 1.54) is 0 Å². The van der Waals surface area contributed by atoms with Crippen molar-refractivity contribution in [2.75, 3.05) is 19.6 Å². The van der Waals surface area contributed by atoms with Crippen LogP contribution in [0.3, 0.4) is 0 Å². The summed E-state index contributed by atoms with van der Waals surface area (Å²) >= 11 is 0. The largest absolute Gasteiger partial charge is 0.419 e. The second-order valence-corrected chi connectivity index (χ2v) is 4.37. The Hall–Kier alpha value is -2.44. The maximum absolute atomic E-state index is 11.8. The Labute approximate surface area is 123 Å². The molecule has 0 radical (unpaired) electrons. The van der Waals surface area contributed by atoms with Crippen molar-refractivity contribution in [1.29, 1.82) is 0 Å². The van der Waals surface area contributed by atoms with Crippen LogP contribution >= 0.6 is 0 Å². The highest BCUT2D eigenvalue weighted by molar-refractivity contribution is 5.74. The molecule has 7 heteroatoms. The first-order valence-corrected chi connectivity index (χ1v) is 7.01. The van der Waals surface area contributed by atoms with Crippen molar-refractivity contribution in [2.45, 2.75) is 20.3 Å². The number of rotatable bonds is 6. The summed E-state index contributed by atoms with van der Waals surface area (Å²) in [6, 6.07) is 5.41. The summed E-state index contributed by atoms with van der Waals surface area (Å²) in [4.78, 5) is 17.6. The van der Waals surface area contributed by atoms with E-state index in [1.807, 2.05) is 26.0 Å². The maximum atomic E-state index is 11.8. The predicted molar refractivity (Wildman–Crippen MR) is 77.6 cm³/mol. The van der Waals surface area contributed by atoms with E-state index in [2.05, 4.69) is 20.5 Å². The van der Waals surface area contributed by atoms with Gasteiger partial charge in [0.1, 0.15) is 5.69 Å². The van der Waals surface area contributed by atoms with E-state index in [0.29, 0.717) is 43.5 Å². The minimum atomic E-state index is -0.0792. The first-order valence-electron chi connectivity index (χ1n) is 7.01. The van der Waals surface area contributed by atoms with E-state index in [4.69, 9.17) is 4.42 Å². The van der Waals surface area contributed by atoms with E-state index >= 15 is 0 Å². The van der Waals surface area contributed by atoms with Crippen LogP contribution in [0, 0.1) is 0 Å². The van der Waals surface area contributed by atoms with Gasteiger partial charge in [-0.25, -0.2) is 4.79 Å². The Morgan fingerprint density at radius 2 is 2.10 bits per heavy atom. The summed E-state index contributed by atoms with van der Waals surface area (Å²) in [5.41, 5.74) is 0.642. The number of nitrogens with one attached hydrogen (secondary N) is 1. The van der Waals surface area contributed by atoms with Crippen LogP contribution in [0.2, 0.25) is 0 Å². The Morgan fingerprint density at radius 1 is 1.29 bits per heavy atom. The number of amides is 2. The molecule has 0 unspecified atom stereocenters. The van der Waals surface area contributed by atoms with Crippen LogP contribution in [-0.4, -0.2) is 45.7 Å². The van der Waals surface area contributed by atoms with Crippen molar-refractivity contribution in [3.63, 3.8) is 0 Å². The van der Waals surface area contributed by atoms with Gasteiger partial charge in [0.15, 0.2) is 0 Å². The predicted octanol–water partition coefficient (Wildman–Crippen LogP) is 1.73. The number of hydrogen-bond donors (Lipinski definition) is 1. The average Bonchev–Trinajstić information content (AvgIpc) is 2.98. The molecule has 112 valence electrons. The number of nitrogens with zero attached hydrogens (tertiary/aromatic N) is 4. The second-order valence-electron chi connectivity index (χ2n) is 4.37. The van der Waals surface area contributed by atoms with E-state index in [9.17, 15) is 4.79 Å². The summed E-state index contributed by atoms with van der Waals surface area (Å²) in [7, 11) is 0. The first-order chi connectivity index (χ1) is 10.2. The Bertz CT molecular complexity index is 566. The molecule has 0 aromatic carbocycles. The number of urea groups is 1. The lowest BCUT2D eigenvalue weighted by Crippen LogP contribution is -2.40. The van der Waals surface area contributed by atoms with Crippen LogP contribution in [0.4, 0.5) is 4.79 Å². The highest BCUT2D eigenvalue weighted by Gasteiger charge is 2.11. The first kappa shape index (κ1) is 15.0. The fourth-order valence-electron chi connectivity index (χ4n) is 1.85. The molecule has 1 N–H and O–H groups in total. The fraction of sp³-hybridized carbons (Fsp3) is 0.429. The SMILES string of the molecule is CCN(CC)C(=O)NCCc1nnc(-c2ccccn2)o1. The molecule has 0 saturated heterocycles. The highest BCUT2D eigenvalue weighted by atomic mass is 16.4. The molecule has 2 rings (SSSR count). The highest BCUT2D eigenvalue weighted by Crippen LogP contribution is 2.14. The summed E-state index contributed by atoms with van der Waals surface area (Å²) in [6.45, 7) is 5.72. The fourth-order valence-corrected chi connectivity index (χ4v) is 1.85. The van der Waals surface area contributed by atoms with Crippen LogP contribution in [0.5, 0.6) is 0 Å². The number of carbonyl (C=O) groups is 1. The molecule has 0 saturated carbocycles. The normalized spacial score (nSPS) is 10.4. The third-order valence-electron chi connectivity index (χ3n) is 3.02. The quantitative estimate of drug-likeness (QED) is 0.875. The molecule has 0 fully saturated rings. The van der Waals surface area contributed by atoms with E-state index < -0.39 is 0 Å². The number of aromatic nitrogens is 3. The molecular weight excluding hydrogens is 270 g/mol. The van der Waals surface area contributed by atoms with Crippen LogP contribution < -0.4 is 5.32 Å². The second kappa shape index (κ2) is 7.37. The molecule has 0 bridgehead atoms. The molecule has 0 aliphatic carbocycles. The van der Waals surface area contributed by atoms with Gasteiger partial charge in [-0.1, -0.05) is 6.07 Å². The molecule has 0 aliphatic heterocycles. The van der Waals surface area contributed by atoms with Crippen LogP contribution in [0.15, 0.2) is 28.8 Å². The summed E-state index contributed by atoms with van der Waals surface area (Å²) in [6.07, 6.45) is 2.16. The van der Waals surface area contributed by atoms with Crippen molar-refractivity contribution >= 4 is 6.03 Å². The number of carbonyl (C=O) groups excluding carboxylic acids is 1. The van der Waals surface area contributed by atoms with E-state index in [-0.39, 0.29) is 6.03 Å². The van der Waals surface area contributed by atoms with Crippen LogP contribution in [0.25, 0.3) is 11.6 Å². The van der Waals surface area contributed by atoms with Gasteiger partial charge >= 0.3 is 6.03 Å². The van der Waals surface area contributed by atoms with Crippen molar-refractivity contribution in [1.82, 2.24) is 25.4 Å². The van der Waals surface area contributed by atoms with Gasteiger partial charge in [0.25, 0.3) is 5.89 Å². The zero-order valence-corrected chi connectivity index (χ0v) is 12.2. The molecule has 21 heavy (non-hydrogen) atoms. The number of hydrogen-bond acceptors (Lipinski definition) is 5. The summed E-state index contributed by atoms with van der Waals surface area (Å²) in [5.74, 6) is 0.871. The van der Waals surface area contributed by atoms with Gasteiger partial charge in [0.2, 0.25) is 5.89 Å². The summed E-state index contributed by atoms with van der Waals surface area (Å²) in [5, 5.41) is 10.7. The van der Waals surface area contributed by atoms with Gasteiger partial charge in [-0.15, -0.1) is 10.2 Å². The Balaban J connectivity index is 1.85. The van der Waals surface area contributed by atoms with Crippen molar-refractivity contribution in [3.8, 4) is 11.6 Å². The van der Waals surface area contributed by atoms with Gasteiger partial charge in [0, 0.05) is 32.3 Å². The molecule has 0 atom stereocenters. The van der Waals surface area contributed by atoms with Gasteiger partial charge in [-0.05, 0) is 26.0 Å². The topological polar surface area (TPSA) is 84.2 Å². The molecule has 0 spiro atoms. The van der Waals surface area contributed by atoms with Gasteiger partial charge < -0.3 is 14.6 Å². The lowest BCUT2D eigenvalue weighted by Gasteiger charge is -2.18. The summed E-state index contributed by atoms with van der Waals surface area (Å²) < 4.78 is 5.52. The number of pyridine rings is 1. The smallest absolute Gasteiger partial charge is 0.317 e. The molecule has 2 aromatic heterocycles. The molecule has 2 amide bonds. The zero-order valence-electron chi connectivity index (χ0n) is 12.2. The standard InChI is InChI=1S/C14H19N5O2/c1-3-19(4-2)14(20)16-10-8-12-17-18-13(21-12)11-7-5-6-9-15-11/h5-7,9H,3-4,8,10H2,1-2H3,(H,16,20). The monoisotopic (exact) mass is 289 g/mol. The zero-order chi connectivity index (χ0) is 15.1. The van der Waals surface area contributed by atoms with E-state index in [0.717, 1.165) is 0 Å². The van der Waals surface area contributed by atoms with Crippen molar-refractivity contribution in [3.05, 3.63) is 30.3 Å². The van der Waals surface area contributed by atoms with Gasteiger partial charge in [-0.2, -0.15) is 0 Å². The third-order valence-corrected chi connectivity index (χ3v) is 3.02. The Kier molecular flexibility index (Phi) is 5.25. The lowest BCUT2D eigenvalue weighted by atomic mass is 10.3. The minimum Gasteiger partial charge on any atom is -0.419 e. The van der Waals surface area contributed by atoms with Crippen LogP contribution in [0.1, 0.15) is 19.7 Å². The van der Waals surface area contributed by atoms with Crippen molar-refractivity contribution in [2.24, 2.45) is 0 Å². The molecular formula is C14H19N5O2. The molecule has 2 aromatic rings. The third kappa shape index (κ3) is 4.01. The van der Waals surface area contributed by atoms with Crippen molar-refractivity contribution < 1.29 is 9.21 Å². The van der Waals surface area contributed by atoms with Gasteiger partial charge in [0.05, 0.1) is 0 Å². The maximum Gasteiger partial charge on any atom is 0.317 e. The van der Waals surface area contributed by atoms with E-state index in [1.54, 1.807) is 17.2 Å². The van der Waals surface area contributed by atoms with Crippen LogP contribution in [-0.2, 0) is 6.42 Å². The molecule has 7 nitrogen and oxygen atoms in total. The lowest BCUT2D eigenvalue weighted by molar-refractivity contribution is 0.203. The molecule has 0 aliphatic rings. The Morgan fingerprint density at radius 3 is 2.76 bits per heavy atom. The average molecular weight is 289 g/mol. The molecule has 2 heterocycles. The van der Waals surface area contributed by atoms with Gasteiger partial charge in [-0.3, -0.25) is 4.98 Å².